The summed E-state index contributed by atoms with van der Waals surface area (Å²) in [7, 11) is 2.18. The second-order valence-corrected chi connectivity index (χ2v) is 8.37. The summed E-state index contributed by atoms with van der Waals surface area (Å²) < 4.78 is 6.15. The van der Waals surface area contributed by atoms with Gasteiger partial charge in [-0.15, -0.1) is 0 Å². The Labute approximate surface area is 188 Å². The van der Waals surface area contributed by atoms with E-state index in [1.807, 2.05) is 60.7 Å². The molecule has 0 radical (unpaired) electrons. The minimum absolute atomic E-state index is 0.380. The average molecular weight is 429 g/mol. The molecule has 7 nitrogen and oxygen atoms in total. The van der Waals surface area contributed by atoms with Gasteiger partial charge in [-0.25, -0.2) is 9.97 Å². The van der Waals surface area contributed by atoms with Crippen molar-refractivity contribution in [2.75, 3.05) is 45.1 Å². The fraction of sp³-hybridized carbons (Fsp3) is 0.320. The van der Waals surface area contributed by atoms with Crippen molar-refractivity contribution in [1.82, 2.24) is 24.8 Å². The number of piperazine rings is 1. The molecule has 1 atom stereocenters. The van der Waals surface area contributed by atoms with Crippen molar-refractivity contribution < 1.29 is 4.42 Å². The zero-order chi connectivity index (χ0) is 21.9. The molecular formula is C25H28N6O. The smallest absolute Gasteiger partial charge is 0.229 e. The number of hydrogen-bond acceptors (Lipinski definition) is 7. The number of anilines is 1. The number of oxazole rings is 1. The highest BCUT2D eigenvalue weighted by Gasteiger charge is 2.21. The highest BCUT2D eigenvalue weighted by Crippen LogP contribution is 2.29. The number of nitrogens with one attached hydrogen (secondary N) is 1. The molecule has 3 heterocycles. The lowest BCUT2D eigenvalue weighted by atomic mass is 10.2. The highest BCUT2D eigenvalue weighted by molar-refractivity contribution is 5.84. The normalized spacial score (nSPS) is 16.3. The van der Waals surface area contributed by atoms with Gasteiger partial charge < -0.3 is 14.6 Å². The number of benzene rings is 2. The standard InChI is InChI=1S/C25H28N6O/c1-18(31-15-13-30(2)14-16-31)17-26-23-21-24(28-22(27-23)19-9-5-3-6-10-19)29-25(32-21)20-11-7-4-8-12-20/h3-12,18H,13-17H2,1-2H3,(H,26,27,28)/t18-/m1/s1. The van der Waals surface area contributed by atoms with E-state index in [4.69, 9.17) is 14.4 Å². The maximum atomic E-state index is 6.15. The van der Waals surface area contributed by atoms with Crippen LogP contribution in [-0.4, -0.2) is 70.6 Å². The third-order valence-electron chi connectivity index (χ3n) is 6.03. The molecular weight excluding hydrogens is 400 g/mol. The summed E-state index contributed by atoms with van der Waals surface area (Å²) in [6.45, 7) is 7.38. The molecule has 4 aromatic rings. The molecule has 1 fully saturated rings. The maximum absolute atomic E-state index is 6.15. The molecule has 2 aromatic heterocycles. The summed E-state index contributed by atoms with van der Waals surface area (Å²) in [6.07, 6.45) is 0. The first-order chi connectivity index (χ1) is 15.7. The molecule has 1 aliphatic rings. The molecule has 0 aliphatic carbocycles. The monoisotopic (exact) mass is 428 g/mol. The minimum Gasteiger partial charge on any atom is -0.430 e. The summed E-state index contributed by atoms with van der Waals surface area (Å²) in [5, 5.41) is 3.53. The van der Waals surface area contributed by atoms with Gasteiger partial charge in [0.05, 0.1) is 0 Å². The Morgan fingerprint density at radius 1 is 0.875 bits per heavy atom. The van der Waals surface area contributed by atoms with Crippen molar-refractivity contribution >= 4 is 17.0 Å². The summed E-state index contributed by atoms with van der Waals surface area (Å²) in [4.78, 5) is 19.1. The zero-order valence-corrected chi connectivity index (χ0v) is 18.5. The van der Waals surface area contributed by atoms with Crippen LogP contribution in [0.1, 0.15) is 6.92 Å². The van der Waals surface area contributed by atoms with Gasteiger partial charge in [0.25, 0.3) is 0 Å². The lowest BCUT2D eigenvalue weighted by Crippen LogP contribution is -2.49. The molecule has 5 rings (SSSR count). The van der Waals surface area contributed by atoms with E-state index in [2.05, 4.69) is 34.1 Å². The SMILES string of the molecule is C[C@H](CNc1nc(-c2ccccc2)nc2nc(-c3ccccc3)oc12)N1CCN(C)CC1. The fourth-order valence-corrected chi connectivity index (χ4v) is 4.00. The Bertz CT molecular complexity index is 1170. The van der Waals surface area contributed by atoms with Crippen LogP contribution in [0.25, 0.3) is 34.1 Å². The maximum Gasteiger partial charge on any atom is 0.229 e. The molecule has 0 amide bonds. The molecule has 0 spiro atoms. The van der Waals surface area contributed by atoms with E-state index in [0.717, 1.165) is 43.9 Å². The van der Waals surface area contributed by atoms with E-state index in [1.54, 1.807) is 0 Å². The van der Waals surface area contributed by atoms with E-state index < -0.39 is 0 Å². The number of likely N-dealkylation sites (N-methyl/N-ethyl adjacent to an activating group) is 1. The zero-order valence-electron chi connectivity index (χ0n) is 18.5. The van der Waals surface area contributed by atoms with Crippen LogP contribution in [0.4, 0.5) is 5.82 Å². The third kappa shape index (κ3) is 4.35. The molecule has 1 N–H and O–H groups in total. The number of aromatic nitrogens is 3. The first-order valence-corrected chi connectivity index (χ1v) is 11.1. The van der Waals surface area contributed by atoms with E-state index in [1.165, 1.54) is 0 Å². The Balaban J connectivity index is 1.47. The van der Waals surface area contributed by atoms with Gasteiger partial charge in [-0.2, -0.15) is 4.98 Å². The van der Waals surface area contributed by atoms with Crippen molar-refractivity contribution in [2.45, 2.75) is 13.0 Å². The van der Waals surface area contributed by atoms with Gasteiger partial charge in [-0.05, 0) is 26.1 Å². The van der Waals surface area contributed by atoms with Gasteiger partial charge in [0.15, 0.2) is 11.6 Å². The predicted molar refractivity (Wildman–Crippen MR) is 127 cm³/mol. The number of nitrogens with zero attached hydrogens (tertiary/aromatic N) is 5. The van der Waals surface area contributed by atoms with Crippen molar-refractivity contribution in [2.24, 2.45) is 0 Å². The lowest BCUT2D eigenvalue weighted by molar-refractivity contribution is 0.123. The summed E-state index contributed by atoms with van der Waals surface area (Å²) >= 11 is 0. The molecule has 7 heteroatoms. The van der Waals surface area contributed by atoms with Gasteiger partial charge in [0, 0.05) is 49.9 Å². The minimum atomic E-state index is 0.380. The van der Waals surface area contributed by atoms with Gasteiger partial charge in [0.1, 0.15) is 0 Å². The Morgan fingerprint density at radius 3 is 2.22 bits per heavy atom. The predicted octanol–water partition coefficient (Wildman–Crippen LogP) is 4.00. The third-order valence-corrected chi connectivity index (χ3v) is 6.03. The summed E-state index contributed by atoms with van der Waals surface area (Å²) in [5.74, 6) is 1.88. The van der Waals surface area contributed by atoms with E-state index in [0.29, 0.717) is 34.8 Å². The van der Waals surface area contributed by atoms with Crippen molar-refractivity contribution in [3.63, 3.8) is 0 Å². The van der Waals surface area contributed by atoms with Crippen LogP contribution in [0.2, 0.25) is 0 Å². The second-order valence-electron chi connectivity index (χ2n) is 8.37. The van der Waals surface area contributed by atoms with E-state index >= 15 is 0 Å². The number of rotatable bonds is 6. The largest absolute Gasteiger partial charge is 0.430 e. The first-order valence-electron chi connectivity index (χ1n) is 11.1. The molecule has 2 aromatic carbocycles. The highest BCUT2D eigenvalue weighted by atomic mass is 16.3. The number of fused-ring (bicyclic) bond motifs is 1. The van der Waals surface area contributed by atoms with Gasteiger partial charge in [-0.1, -0.05) is 48.5 Å². The van der Waals surface area contributed by atoms with Crippen LogP contribution < -0.4 is 5.32 Å². The second kappa shape index (κ2) is 9.06. The number of hydrogen-bond donors (Lipinski definition) is 1. The average Bonchev–Trinajstić information content (AvgIpc) is 3.28. The van der Waals surface area contributed by atoms with Crippen molar-refractivity contribution in [1.29, 1.82) is 0 Å². The van der Waals surface area contributed by atoms with Gasteiger partial charge in [-0.3, -0.25) is 4.90 Å². The summed E-state index contributed by atoms with van der Waals surface area (Å²) in [5.41, 5.74) is 3.03. The molecule has 0 saturated carbocycles. The molecule has 0 unspecified atom stereocenters. The molecule has 0 bridgehead atoms. The van der Waals surface area contributed by atoms with Crippen molar-refractivity contribution in [3.05, 3.63) is 60.7 Å². The molecule has 1 aliphatic heterocycles. The van der Waals surface area contributed by atoms with Crippen LogP contribution in [0.3, 0.4) is 0 Å². The van der Waals surface area contributed by atoms with Gasteiger partial charge >= 0.3 is 0 Å². The first kappa shape index (κ1) is 20.6. The van der Waals surface area contributed by atoms with Crippen molar-refractivity contribution in [3.8, 4) is 22.8 Å². The molecule has 164 valence electrons. The fourth-order valence-electron chi connectivity index (χ4n) is 4.00. The van der Waals surface area contributed by atoms with Crippen LogP contribution in [0.5, 0.6) is 0 Å². The summed E-state index contributed by atoms with van der Waals surface area (Å²) in [6, 6.07) is 20.3. The van der Waals surface area contributed by atoms with Crippen LogP contribution in [0.15, 0.2) is 65.1 Å². The Morgan fingerprint density at radius 2 is 1.53 bits per heavy atom. The van der Waals surface area contributed by atoms with Crippen LogP contribution >= 0.6 is 0 Å². The quantitative estimate of drug-likeness (QED) is 0.498. The lowest BCUT2D eigenvalue weighted by Gasteiger charge is -2.36. The van der Waals surface area contributed by atoms with E-state index in [-0.39, 0.29) is 0 Å². The molecule has 32 heavy (non-hydrogen) atoms. The van der Waals surface area contributed by atoms with E-state index in [9.17, 15) is 0 Å². The Hall–Kier alpha value is -3.29. The topological polar surface area (TPSA) is 70.3 Å². The Kier molecular flexibility index (Phi) is 5.83. The van der Waals surface area contributed by atoms with Crippen LogP contribution in [0, 0.1) is 0 Å². The van der Waals surface area contributed by atoms with Crippen LogP contribution in [-0.2, 0) is 0 Å². The van der Waals surface area contributed by atoms with Gasteiger partial charge in [0.2, 0.25) is 17.1 Å². The molecule has 1 saturated heterocycles.